The Bertz CT molecular complexity index is 1120. The van der Waals surface area contributed by atoms with E-state index in [1.807, 2.05) is 6.92 Å². The summed E-state index contributed by atoms with van der Waals surface area (Å²) in [6, 6.07) is 8.91. The molecule has 1 amide bonds. The number of carbonyl (C=O) groups excluding carboxylic acids is 1. The van der Waals surface area contributed by atoms with Crippen molar-refractivity contribution in [2.45, 2.75) is 25.4 Å². The Kier molecular flexibility index (Phi) is 5.88. The zero-order chi connectivity index (χ0) is 22.1. The number of amides is 1. The number of hydrogen-bond acceptors (Lipinski definition) is 6. The predicted octanol–water partition coefficient (Wildman–Crippen LogP) is 4.28. The molecule has 6 nitrogen and oxygen atoms in total. The fraction of sp³-hybridized carbons (Fsp3) is 0.273. The molecule has 4 rings (SSSR count). The topological polar surface area (TPSA) is 80.5 Å². The van der Waals surface area contributed by atoms with Crippen molar-refractivity contribution in [1.29, 1.82) is 0 Å². The summed E-state index contributed by atoms with van der Waals surface area (Å²) in [5.41, 5.74) is 7.58. The van der Waals surface area contributed by atoms with Gasteiger partial charge in [-0.15, -0.1) is 11.3 Å². The average Bonchev–Trinajstić information content (AvgIpc) is 3.34. The quantitative estimate of drug-likeness (QED) is 0.614. The van der Waals surface area contributed by atoms with Crippen molar-refractivity contribution in [2.24, 2.45) is 5.73 Å². The summed E-state index contributed by atoms with van der Waals surface area (Å²) in [5, 5.41) is 4.46. The van der Waals surface area contributed by atoms with Crippen molar-refractivity contribution in [3.05, 3.63) is 58.4 Å². The van der Waals surface area contributed by atoms with E-state index in [0.29, 0.717) is 29.4 Å². The number of hydrogen-bond donors (Lipinski definition) is 2. The largest absolute Gasteiger partial charge is 0.496 e. The second-order valence-electron chi connectivity index (χ2n) is 7.47. The second-order valence-corrected chi connectivity index (χ2v) is 8.33. The van der Waals surface area contributed by atoms with Gasteiger partial charge in [-0.25, -0.2) is 13.8 Å². The molecule has 0 radical (unpaired) electrons. The number of carbonyl (C=O) groups is 1. The standard InChI is InChI=1S/C22H22F2N4O2S/c1-12-8-14(25)10-28(12)18-7-6-13(23)9-16(18)26-21(29)22-27-17(11-31-22)20-15(24)4-3-5-19(20)30-2/h3-7,9,11-12,14H,8,10,25H2,1-2H3,(H,26,29). The molecule has 2 atom stereocenters. The molecule has 3 aromatic rings. The Labute approximate surface area is 182 Å². The van der Waals surface area contributed by atoms with Crippen LogP contribution in [0.5, 0.6) is 5.75 Å². The number of rotatable bonds is 5. The van der Waals surface area contributed by atoms with Crippen LogP contribution >= 0.6 is 11.3 Å². The van der Waals surface area contributed by atoms with Crippen molar-refractivity contribution in [1.82, 2.24) is 4.98 Å². The van der Waals surface area contributed by atoms with Gasteiger partial charge in [0.05, 0.1) is 29.7 Å². The lowest BCUT2D eigenvalue weighted by atomic mass is 10.1. The fourth-order valence-corrected chi connectivity index (χ4v) is 4.56. The lowest BCUT2D eigenvalue weighted by Gasteiger charge is -2.26. The van der Waals surface area contributed by atoms with Crippen molar-refractivity contribution < 1.29 is 18.3 Å². The molecule has 31 heavy (non-hydrogen) atoms. The minimum atomic E-state index is -0.505. The number of nitrogens with two attached hydrogens (primary N) is 1. The van der Waals surface area contributed by atoms with E-state index in [-0.39, 0.29) is 22.7 Å². The molecule has 2 unspecified atom stereocenters. The van der Waals surface area contributed by atoms with E-state index in [2.05, 4.69) is 15.2 Å². The van der Waals surface area contributed by atoms with Crippen LogP contribution in [0.25, 0.3) is 11.3 Å². The van der Waals surface area contributed by atoms with Gasteiger partial charge in [-0.2, -0.15) is 0 Å². The van der Waals surface area contributed by atoms with Gasteiger partial charge in [0.15, 0.2) is 5.01 Å². The van der Waals surface area contributed by atoms with Crippen molar-refractivity contribution in [2.75, 3.05) is 23.9 Å². The van der Waals surface area contributed by atoms with Crippen molar-refractivity contribution >= 4 is 28.6 Å². The van der Waals surface area contributed by atoms with Crippen LogP contribution in [0.3, 0.4) is 0 Å². The van der Waals surface area contributed by atoms with Gasteiger partial charge < -0.3 is 20.7 Å². The van der Waals surface area contributed by atoms with Crippen LogP contribution in [0.4, 0.5) is 20.2 Å². The number of methoxy groups -OCH3 is 1. The summed E-state index contributed by atoms with van der Waals surface area (Å²) < 4.78 is 33.5. The lowest BCUT2D eigenvalue weighted by molar-refractivity contribution is 0.102. The number of ether oxygens (including phenoxy) is 1. The molecule has 9 heteroatoms. The minimum Gasteiger partial charge on any atom is -0.496 e. The van der Waals surface area contributed by atoms with Crippen LogP contribution in [0.2, 0.25) is 0 Å². The van der Waals surface area contributed by atoms with Gasteiger partial charge in [0.2, 0.25) is 0 Å². The van der Waals surface area contributed by atoms with E-state index in [9.17, 15) is 13.6 Å². The molecule has 3 N–H and O–H groups in total. The van der Waals surface area contributed by atoms with E-state index >= 15 is 0 Å². The van der Waals surface area contributed by atoms with Crippen LogP contribution < -0.4 is 20.7 Å². The van der Waals surface area contributed by atoms with Crippen LogP contribution in [0.1, 0.15) is 23.1 Å². The Balaban J connectivity index is 1.61. The van der Waals surface area contributed by atoms with E-state index in [1.54, 1.807) is 17.5 Å². The molecule has 1 saturated heterocycles. The number of thiazole rings is 1. The van der Waals surface area contributed by atoms with E-state index < -0.39 is 17.5 Å². The van der Waals surface area contributed by atoms with E-state index in [0.717, 1.165) is 17.8 Å². The van der Waals surface area contributed by atoms with Gasteiger partial charge in [-0.05, 0) is 43.7 Å². The molecule has 1 aliphatic heterocycles. The first-order chi connectivity index (χ1) is 14.9. The Hall–Kier alpha value is -3.04. The molecular formula is C22H22F2N4O2S. The van der Waals surface area contributed by atoms with Gasteiger partial charge in [-0.1, -0.05) is 6.07 Å². The summed E-state index contributed by atoms with van der Waals surface area (Å²) >= 11 is 1.07. The third kappa shape index (κ3) is 4.24. The number of halogens is 2. The number of nitrogens with zero attached hydrogens (tertiary/aromatic N) is 2. The molecule has 1 fully saturated rings. The summed E-state index contributed by atoms with van der Waals surface area (Å²) in [4.78, 5) is 19.2. The zero-order valence-electron chi connectivity index (χ0n) is 17.1. The monoisotopic (exact) mass is 444 g/mol. The van der Waals surface area contributed by atoms with Gasteiger partial charge in [0.1, 0.15) is 17.4 Å². The highest BCUT2D eigenvalue weighted by molar-refractivity contribution is 7.12. The normalized spacial score (nSPS) is 18.3. The predicted molar refractivity (Wildman–Crippen MR) is 118 cm³/mol. The summed E-state index contributed by atoms with van der Waals surface area (Å²) in [6.07, 6.45) is 0.811. The van der Waals surface area contributed by atoms with Crippen LogP contribution in [0.15, 0.2) is 41.8 Å². The maximum absolute atomic E-state index is 14.3. The number of aromatic nitrogens is 1. The highest BCUT2D eigenvalue weighted by atomic mass is 32.1. The van der Waals surface area contributed by atoms with Crippen LogP contribution in [-0.4, -0.2) is 36.6 Å². The smallest absolute Gasteiger partial charge is 0.284 e. The van der Waals surface area contributed by atoms with Crippen molar-refractivity contribution in [3.8, 4) is 17.0 Å². The maximum atomic E-state index is 14.3. The summed E-state index contributed by atoms with van der Waals surface area (Å²) in [5.74, 6) is -1.15. The third-order valence-electron chi connectivity index (χ3n) is 5.27. The molecule has 0 aliphatic carbocycles. The highest BCUT2D eigenvalue weighted by Gasteiger charge is 2.29. The molecular weight excluding hydrogens is 422 g/mol. The Morgan fingerprint density at radius 3 is 2.84 bits per heavy atom. The van der Waals surface area contributed by atoms with Gasteiger partial charge in [-0.3, -0.25) is 4.79 Å². The zero-order valence-corrected chi connectivity index (χ0v) is 17.9. The van der Waals surface area contributed by atoms with Gasteiger partial charge in [0.25, 0.3) is 5.91 Å². The molecule has 2 heterocycles. The third-order valence-corrected chi connectivity index (χ3v) is 6.11. The number of benzene rings is 2. The summed E-state index contributed by atoms with van der Waals surface area (Å²) in [7, 11) is 1.44. The Morgan fingerprint density at radius 2 is 2.13 bits per heavy atom. The maximum Gasteiger partial charge on any atom is 0.284 e. The molecule has 1 aromatic heterocycles. The minimum absolute atomic E-state index is 0.0147. The SMILES string of the molecule is COc1cccc(F)c1-c1csc(C(=O)Nc2cc(F)ccc2N2CC(N)CC2C)n1. The molecule has 1 aliphatic rings. The second kappa shape index (κ2) is 8.60. The van der Waals surface area contributed by atoms with E-state index in [1.165, 1.54) is 31.4 Å². The molecule has 2 aromatic carbocycles. The van der Waals surface area contributed by atoms with Gasteiger partial charge >= 0.3 is 0 Å². The van der Waals surface area contributed by atoms with Crippen LogP contribution in [-0.2, 0) is 0 Å². The molecule has 0 saturated carbocycles. The number of nitrogens with one attached hydrogen (secondary N) is 1. The lowest BCUT2D eigenvalue weighted by Crippen LogP contribution is -2.30. The first-order valence-electron chi connectivity index (χ1n) is 9.79. The van der Waals surface area contributed by atoms with Crippen LogP contribution in [0, 0.1) is 11.6 Å². The summed E-state index contributed by atoms with van der Waals surface area (Å²) in [6.45, 7) is 2.65. The van der Waals surface area contributed by atoms with Gasteiger partial charge in [0, 0.05) is 24.0 Å². The van der Waals surface area contributed by atoms with Crippen molar-refractivity contribution in [3.63, 3.8) is 0 Å². The fourth-order valence-electron chi connectivity index (χ4n) is 3.86. The first-order valence-corrected chi connectivity index (χ1v) is 10.7. The van der Waals surface area contributed by atoms with E-state index in [4.69, 9.17) is 10.5 Å². The first kappa shape index (κ1) is 21.2. The molecule has 162 valence electrons. The highest BCUT2D eigenvalue weighted by Crippen LogP contribution is 2.35. The molecule has 0 bridgehead atoms. The average molecular weight is 445 g/mol. The Morgan fingerprint density at radius 1 is 1.32 bits per heavy atom. The molecule has 0 spiro atoms. The number of anilines is 2.